The summed E-state index contributed by atoms with van der Waals surface area (Å²) in [6.45, 7) is 0.251. The van der Waals surface area contributed by atoms with Crippen LogP contribution in [0.1, 0.15) is 44.7 Å². The maximum absolute atomic E-state index is 12.9. The van der Waals surface area contributed by atoms with Crippen LogP contribution in [0.15, 0.2) is 41.3 Å². The quantitative estimate of drug-likeness (QED) is 0.463. The molecule has 1 saturated heterocycles. The second-order valence-electron chi connectivity index (χ2n) is 8.18. The molecule has 0 aromatic heterocycles. The van der Waals surface area contributed by atoms with Crippen molar-refractivity contribution in [1.82, 2.24) is 14.9 Å². The molecule has 1 atom stereocenters. The fraction of sp³-hybridized carbons (Fsp3) is 0.250. The van der Waals surface area contributed by atoms with E-state index in [0.29, 0.717) is 24.3 Å². The van der Waals surface area contributed by atoms with Gasteiger partial charge in [0.15, 0.2) is 0 Å². The minimum atomic E-state index is -3.84. The third-order valence-corrected chi connectivity index (χ3v) is 7.42. The van der Waals surface area contributed by atoms with Gasteiger partial charge >= 0.3 is 0 Å². The number of carbonyl (C=O) groups is 4. The lowest BCUT2D eigenvalue weighted by molar-refractivity contribution is -0.136. The number of piperidine rings is 1. The Morgan fingerprint density at radius 3 is 2.66 bits per heavy atom. The maximum Gasteiger partial charge on any atom is 0.262 e. The number of imide groups is 2. The van der Waals surface area contributed by atoms with Crippen molar-refractivity contribution < 1.29 is 32.3 Å². The number of hydrogen-bond acceptors (Lipinski definition) is 7. The summed E-state index contributed by atoms with van der Waals surface area (Å²) in [5.41, 5.74) is 1.48. The molecule has 11 heteroatoms. The predicted octanol–water partition coefficient (Wildman–Crippen LogP) is 0.353. The number of amides is 4. The average Bonchev–Trinajstić information content (AvgIpc) is 3.40. The Kier molecular flexibility index (Phi) is 5.62. The highest BCUT2D eigenvalue weighted by atomic mass is 32.2. The fourth-order valence-corrected chi connectivity index (χ4v) is 5.41. The summed E-state index contributed by atoms with van der Waals surface area (Å²) >= 11 is 0. The first-order valence-electron chi connectivity index (χ1n) is 10.8. The molecule has 0 bridgehead atoms. The van der Waals surface area contributed by atoms with E-state index in [-0.39, 0.29) is 35.4 Å². The smallest absolute Gasteiger partial charge is 0.262 e. The van der Waals surface area contributed by atoms with E-state index in [1.54, 1.807) is 6.07 Å². The number of rotatable bonds is 4. The third-order valence-electron chi connectivity index (χ3n) is 5.99. The summed E-state index contributed by atoms with van der Waals surface area (Å²) in [4.78, 5) is 50.1. The van der Waals surface area contributed by atoms with E-state index in [1.165, 1.54) is 24.3 Å². The number of fused-ring (bicyclic) bond motifs is 2. The highest BCUT2D eigenvalue weighted by Crippen LogP contribution is 2.32. The van der Waals surface area contributed by atoms with Gasteiger partial charge in [-0.25, -0.2) is 8.42 Å². The van der Waals surface area contributed by atoms with Crippen LogP contribution in [0.25, 0.3) is 0 Å². The highest BCUT2D eigenvalue weighted by molar-refractivity contribution is 7.89. The molecule has 2 N–H and O–H groups in total. The van der Waals surface area contributed by atoms with E-state index in [1.807, 2.05) is 6.07 Å². The Morgan fingerprint density at radius 2 is 1.86 bits per heavy atom. The molecule has 1 unspecified atom stereocenters. The van der Waals surface area contributed by atoms with Gasteiger partial charge in [0.2, 0.25) is 21.8 Å². The average molecular weight is 493 g/mol. The van der Waals surface area contributed by atoms with Gasteiger partial charge in [-0.2, -0.15) is 4.72 Å². The number of benzene rings is 2. The van der Waals surface area contributed by atoms with Gasteiger partial charge in [-0.05, 0) is 36.2 Å². The molecule has 3 heterocycles. The molecule has 3 aliphatic heterocycles. The first kappa shape index (κ1) is 22.8. The van der Waals surface area contributed by atoms with Gasteiger partial charge in [0.25, 0.3) is 11.8 Å². The van der Waals surface area contributed by atoms with Crippen molar-refractivity contribution in [1.29, 1.82) is 0 Å². The van der Waals surface area contributed by atoms with Crippen LogP contribution >= 0.6 is 0 Å². The van der Waals surface area contributed by atoms with Crippen molar-refractivity contribution in [2.45, 2.75) is 30.2 Å². The van der Waals surface area contributed by atoms with E-state index in [4.69, 9.17) is 4.74 Å². The van der Waals surface area contributed by atoms with Gasteiger partial charge in [0.05, 0.1) is 24.3 Å². The van der Waals surface area contributed by atoms with Gasteiger partial charge in [0, 0.05) is 18.4 Å². The van der Waals surface area contributed by atoms with Crippen LogP contribution in [-0.2, 0) is 26.0 Å². The zero-order valence-electron chi connectivity index (χ0n) is 18.3. The van der Waals surface area contributed by atoms with Crippen LogP contribution in [0.2, 0.25) is 0 Å². The summed E-state index contributed by atoms with van der Waals surface area (Å²) in [5, 5.41) is 2.15. The molecule has 178 valence electrons. The summed E-state index contributed by atoms with van der Waals surface area (Å²) in [5.74, 6) is 3.47. The first-order valence-corrected chi connectivity index (χ1v) is 12.3. The zero-order chi connectivity index (χ0) is 24.7. The van der Waals surface area contributed by atoms with E-state index in [9.17, 15) is 27.6 Å². The maximum atomic E-state index is 12.9. The topological polar surface area (TPSA) is 139 Å². The van der Waals surface area contributed by atoms with Crippen LogP contribution in [0.5, 0.6) is 5.75 Å². The number of nitrogens with one attached hydrogen (secondary N) is 2. The molecular formula is C24H19N3O7S. The number of ether oxygens (including phenoxy) is 1. The lowest BCUT2D eigenvalue weighted by atomic mass is 10.0. The minimum absolute atomic E-state index is 0.0361. The minimum Gasteiger partial charge on any atom is -0.492 e. The molecule has 2 aromatic rings. The summed E-state index contributed by atoms with van der Waals surface area (Å²) < 4.78 is 33.2. The van der Waals surface area contributed by atoms with E-state index < -0.39 is 39.7 Å². The monoisotopic (exact) mass is 493 g/mol. The van der Waals surface area contributed by atoms with Gasteiger partial charge in [-0.15, -0.1) is 0 Å². The largest absolute Gasteiger partial charge is 0.492 e. The summed E-state index contributed by atoms with van der Waals surface area (Å²) in [7, 11) is -3.84. The standard InChI is InChI=1S/C24H19N3O7S/c28-20-9-8-18(22(29)26-20)27-23(30)16-7-6-14(13-17(16)24(27)31)3-2-11-25-35(32,33)19-5-1-4-15-10-12-34-21(15)19/h1,4-7,13,18,25H,8-12H2,(H,26,28,29). The number of nitrogens with zero attached hydrogens (tertiary/aromatic N) is 1. The van der Waals surface area contributed by atoms with Crippen LogP contribution in [0.4, 0.5) is 0 Å². The predicted molar refractivity (Wildman–Crippen MR) is 121 cm³/mol. The summed E-state index contributed by atoms with van der Waals surface area (Å²) in [6.07, 6.45) is 0.756. The van der Waals surface area contributed by atoms with Crippen LogP contribution in [-0.4, -0.2) is 56.1 Å². The lowest BCUT2D eigenvalue weighted by Gasteiger charge is -2.27. The number of carbonyl (C=O) groups excluding carboxylic acids is 4. The number of sulfonamides is 1. The molecule has 1 fully saturated rings. The number of hydrogen-bond donors (Lipinski definition) is 2. The Labute approximate surface area is 200 Å². The Balaban J connectivity index is 1.30. The molecule has 35 heavy (non-hydrogen) atoms. The van der Waals surface area contributed by atoms with Gasteiger partial charge in [0.1, 0.15) is 16.7 Å². The molecule has 0 saturated carbocycles. The third kappa shape index (κ3) is 4.07. The van der Waals surface area contributed by atoms with Crippen LogP contribution in [0.3, 0.4) is 0 Å². The molecule has 0 radical (unpaired) electrons. The molecule has 0 spiro atoms. The Bertz CT molecular complexity index is 1470. The number of para-hydroxylation sites is 1. The van der Waals surface area contributed by atoms with Crippen molar-refractivity contribution in [3.63, 3.8) is 0 Å². The van der Waals surface area contributed by atoms with Crippen molar-refractivity contribution in [3.05, 3.63) is 58.7 Å². The highest BCUT2D eigenvalue weighted by Gasteiger charge is 2.44. The summed E-state index contributed by atoms with van der Waals surface area (Å²) in [6, 6.07) is 8.32. The van der Waals surface area contributed by atoms with E-state index in [2.05, 4.69) is 21.9 Å². The Hall–Kier alpha value is -4.01. The van der Waals surface area contributed by atoms with Gasteiger partial charge in [-0.3, -0.25) is 29.4 Å². The molecule has 5 rings (SSSR count). The van der Waals surface area contributed by atoms with E-state index in [0.717, 1.165) is 10.5 Å². The molecule has 4 amide bonds. The van der Waals surface area contributed by atoms with Gasteiger partial charge in [-0.1, -0.05) is 24.0 Å². The van der Waals surface area contributed by atoms with Crippen LogP contribution < -0.4 is 14.8 Å². The first-order chi connectivity index (χ1) is 16.8. The van der Waals surface area contributed by atoms with Crippen molar-refractivity contribution in [2.75, 3.05) is 13.2 Å². The fourth-order valence-electron chi connectivity index (χ4n) is 4.30. The Morgan fingerprint density at radius 1 is 1.06 bits per heavy atom. The molecule has 3 aliphatic rings. The molecule has 0 aliphatic carbocycles. The van der Waals surface area contributed by atoms with Crippen molar-refractivity contribution in [3.8, 4) is 17.6 Å². The van der Waals surface area contributed by atoms with Gasteiger partial charge < -0.3 is 4.74 Å². The van der Waals surface area contributed by atoms with E-state index >= 15 is 0 Å². The van der Waals surface area contributed by atoms with Crippen molar-refractivity contribution in [2.24, 2.45) is 0 Å². The molecular weight excluding hydrogens is 474 g/mol. The van der Waals surface area contributed by atoms with Crippen LogP contribution in [0, 0.1) is 11.8 Å². The lowest BCUT2D eigenvalue weighted by Crippen LogP contribution is -2.54. The second kappa shape index (κ2) is 8.65. The van der Waals surface area contributed by atoms with Crippen molar-refractivity contribution >= 4 is 33.7 Å². The second-order valence-corrected chi connectivity index (χ2v) is 9.91. The normalized spacial score (nSPS) is 19.0. The zero-order valence-corrected chi connectivity index (χ0v) is 19.1. The molecule has 10 nitrogen and oxygen atoms in total. The molecule has 2 aromatic carbocycles. The SMILES string of the molecule is O=C1CCC(N2C(=O)c3ccc(C#CCNS(=O)(=O)c4cccc5c4OCC5)cc3C2=O)C(=O)N1.